The SMILES string of the molecule is O=C(NCCc1cccs1)c1ccccc1C#CCCO. The number of benzene rings is 1. The first-order chi connectivity index (χ1) is 10.3. The molecular formula is C17H17NO2S. The third-order valence-electron chi connectivity index (χ3n) is 2.87. The highest BCUT2D eigenvalue weighted by Gasteiger charge is 2.08. The summed E-state index contributed by atoms with van der Waals surface area (Å²) in [6.45, 7) is 0.639. The van der Waals surface area contributed by atoms with Crippen molar-refractivity contribution in [1.82, 2.24) is 5.32 Å². The average Bonchev–Trinajstić information content (AvgIpc) is 3.01. The Labute approximate surface area is 128 Å². The number of aliphatic hydroxyl groups excluding tert-OH is 1. The van der Waals surface area contributed by atoms with Gasteiger partial charge in [-0.1, -0.05) is 30.0 Å². The van der Waals surface area contributed by atoms with Gasteiger partial charge in [0.15, 0.2) is 0 Å². The Kier molecular flexibility index (Phi) is 6.01. The summed E-state index contributed by atoms with van der Waals surface area (Å²) in [5.74, 6) is 5.67. The fourth-order valence-corrected chi connectivity index (χ4v) is 2.56. The maximum atomic E-state index is 12.2. The van der Waals surface area contributed by atoms with Crippen LogP contribution in [0.3, 0.4) is 0 Å². The third kappa shape index (κ3) is 4.75. The van der Waals surface area contributed by atoms with Crippen LogP contribution in [0, 0.1) is 11.8 Å². The predicted molar refractivity (Wildman–Crippen MR) is 85.4 cm³/mol. The van der Waals surface area contributed by atoms with Crippen LogP contribution in [-0.4, -0.2) is 24.2 Å². The molecule has 0 saturated carbocycles. The summed E-state index contributed by atoms with van der Waals surface area (Å²) in [6.07, 6.45) is 1.25. The summed E-state index contributed by atoms with van der Waals surface area (Å²) >= 11 is 1.69. The van der Waals surface area contributed by atoms with E-state index in [9.17, 15) is 4.79 Å². The summed E-state index contributed by atoms with van der Waals surface area (Å²) in [5.41, 5.74) is 1.27. The molecule has 1 heterocycles. The number of rotatable bonds is 5. The number of amides is 1. The zero-order valence-corrected chi connectivity index (χ0v) is 12.5. The lowest BCUT2D eigenvalue weighted by atomic mass is 10.1. The van der Waals surface area contributed by atoms with Gasteiger partial charge in [0.25, 0.3) is 5.91 Å². The molecule has 0 fully saturated rings. The van der Waals surface area contributed by atoms with Crippen LogP contribution in [0.15, 0.2) is 41.8 Å². The highest BCUT2D eigenvalue weighted by Crippen LogP contribution is 2.09. The summed E-state index contributed by atoms with van der Waals surface area (Å²) in [6, 6.07) is 11.3. The van der Waals surface area contributed by atoms with E-state index in [1.165, 1.54) is 4.88 Å². The molecule has 2 aromatic rings. The van der Waals surface area contributed by atoms with Gasteiger partial charge in [-0.05, 0) is 30.0 Å². The smallest absolute Gasteiger partial charge is 0.252 e. The summed E-state index contributed by atoms with van der Waals surface area (Å²) < 4.78 is 0. The zero-order valence-electron chi connectivity index (χ0n) is 11.6. The minimum atomic E-state index is -0.111. The van der Waals surface area contributed by atoms with Gasteiger partial charge in [-0.3, -0.25) is 4.79 Å². The van der Waals surface area contributed by atoms with Crippen LogP contribution in [0.5, 0.6) is 0 Å². The third-order valence-corrected chi connectivity index (χ3v) is 3.80. The predicted octanol–water partition coefficient (Wildman–Crippen LogP) is 2.45. The largest absolute Gasteiger partial charge is 0.395 e. The Hall–Kier alpha value is -2.09. The van der Waals surface area contributed by atoms with Gasteiger partial charge in [0.05, 0.1) is 12.2 Å². The molecule has 2 N–H and O–H groups in total. The molecule has 0 spiro atoms. The van der Waals surface area contributed by atoms with Crippen molar-refractivity contribution < 1.29 is 9.90 Å². The second-order valence-electron chi connectivity index (χ2n) is 4.41. The summed E-state index contributed by atoms with van der Waals surface area (Å²) in [5, 5.41) is 13.7. The molecule has 0 atom stereocenters. The lowest BCUT2D eigenvalue weighted by Crippen LogP contribution is -2.26. The first-order valence-corrected chi connectivity index (χ1v) is 7.68. The number of aliphatic hydroxyl groups is 1. The van der Waals surface area contributed by atoms with Crippen LogP contribution in [0.25, 0.3) is 0 Å². The Bertz CT molecular complexity index is 638. The molecule has 0 aliphatic rings. The average molecular weight is 299 g/mol. The number of hydrogen-bond acceptors (Lipinski definition) is 3. The van der Waals surface area contributed by atoms with Crippen LogP contribution in [0.2, 0.25) is 0 Å². The fourth-order valence-electron chi connectivity index (χ4n) is 1.85. The van der Waals surface area contributed by atoms with Crippen LogP contribution in [0.1, 0.15) is 27.2 Å². The standard InChI is InChI=1S/C17H17NO2S/c19-12-4-3-7-14-6-1-2-9-16(14)17(20)18-11-10-15-8-5-13-21-15/h1-2,5-6,8-9,13,19H,4,10-12H2,(H,18,20). The lowest BCUT2D eigenvalue weighted by molar-refractivity contribution is 0.0954. The van der Waals surface area contributed by atoms with E-state index >= 15 is 0 Å². The van der Waals surface area contributed by atoms with Crippen LogP contribution < -0.4 is 5.32 Å². The van der Waals surface area contributed by atoms with E-state index in [0.29, 0.717) is 24.1 Å². The monoisotopic (exact) mass is 299 g/mol. The number of nitrogens with one attached hydrogen (secondary N) is 1. The Morgan fingerprint density at radius 3 is 2.86 bits per heavy atom. The quantitative estimate of drug-likeness (QED) is 0.833. The normalized spacial score (nSPS) is 9.76. The van der Waals surface area contributed by atoms with Crippen molar-refractivity contribution in [3.8, 4) is 11.8 Å². The van der Waals surface area contributed by atoms with Crippen molar-refractivity contribution in [2.45, 2.75) is 12.8 Å². The van der Waals surface area contributed by atoms with Gasteiger partial charge >= 0.3 is 0 Å². The van der Waals surface area contributed by atoms with Crippen molar-refractivity contribution in [3.63, 3.8) is 0 Å². The van der Waals surface area contributed by atoms with E-state index < -0.39 is 0 Å². The van der Waals surface area contributed by atoms with Crippen molar-refractivity contribution >= 4 is 17.2 Å². The molecule has 4 heteroatoms. The molecule has 0 unspecified atom stereocenters. The van der Waals surface area contributed by atoms with Gasteiger partial charge in [0.1, 0.15) is 0 Å². The minimum Gasteiger partial charge on any atom is -0.395 e. The highest BCUT2D eigenvalue weighted by atomic mass is 32.1. The van der Waals surface area contributed by atoms with Gasteiger partial charge in [0, 0.05) is 23.4 Å². The number of thiophene rings is 1. The zero-order chi connectivity index (χ0) is 14.9. The maximum absolute atomic E-state index is 12.2. The second kappa shape index (κ2) is 8.25. The topological polar surface area (TPSA) is 49.3 Å². The van der Waals surface area contributed by atoms with Crippen molar-refractivity contribution in [2.24, 2.45) is 0 Å². The molecule has 1 aromatic carbocycles. The first-order valence-electron chi connectivity index (χ1n) is 6.80. The number of hydrogen-bond donors (Lipinski definition) is 2. The Morgan fingerprint density at radius 1 is 1.24 bits per heavy atom. The van der Waals surface area contributed by atoms with Gasteiger partial charge in [-0.25, -0.2) is 0 Å². The summed E-state index contributed by atoms with van der Waals surface area (Å²) in [7, 11) is 0. The molecule has 2 rings (SSSR count). The minimum absolute atomic E-state index is 0.0299. The van der Waals surface area contributed by atoms with Crippen molar-refractivity contribution in [2.75, 3.05) is 13.2 Å². The lowest BCUT2D eigenvalue weighted by Gasteiger charge is -2.06. The highest BCUT2D eigenvalue weighted by molar-refractivity contribution is 7.09. The van der Waals surface area contributed by atoms with E-state index in [0.717, 1.165) is 6.42 Å². The Balaban J connectivity index is 1.97. The molecule has 1 aromatic heterocycles. The van der Waals surface area contributed by atoms with E-state index in [4.69, 9.17) is 5.11 Å². The van der Waals surface area contributed by atoms with Crippen molar-refractivity contribution in [3.05, 3.63) is 57.8 Å². The maximum Gasteiger partial charge on any atom is 0.252 e. The molecule has 0 aliphatic carbocycles. The van der Waals surface area contributed by atoms with E-state index in [1.54, 1.807) is 17.4 Å². The molecule has 0 radical (unpaired) electrons. The Morgan fingerprint density at radius 2 is 2.10 bits per heavy atom. The molecule has 0 saturated heterocycles. The first kappa shape index (κ1) is 15.3. The van der Waals surface area contributed by atoms with Crippen LogP contribution >= 0.6 is 11.3 Å². The van der Waals surface area contributed by atoms with E-state index in [-0.39, 0.29) is 12.5 Å². The molecule has 0 aliphatic heterocycles. The van der Waals surface area contributed by atoms with Gasteiger partial charge in [-0.2, -0.15) is 0 Å². The van der Waals surface area contributed by atoms with Crippen LogP contribution in [0.4, 0.5) is 0 Å². The molecule has 1 amide bonds. The van der Waals surface area contributed by atoms with Gasteiger partial charge in [-0.15, -0.1) is 11.3 Å². The van der Waals surface area contributed by atoms with Crippen LogP contribution in [-0.2, 0) is 6.42 Å². The van der Waals surface area contributed by atoms with Crippen molar-refractivity contribution in [1.29, 1.82) is 0 Å². The molecular weight excluding hydrogens is 282 g/mol. The van der Waals surface area contributed by atoms with E-state index in [2.05, 4.69) is 23.2 Å². The molecule has 108 valence electrons. The summed E-state index contributed by atoms with van der Waals surface area (Å²) in [4.78, 5) is 13.5. The fraction of sp³-hybridized carbons (Fsp3) is 0.235. The number of carbonyl (C=O) groups is 1. The second-order valence-corrected chi connectivity index (χ2v) is 5.44. The van der Waals surface area contributed by atoms with E-state index in [1.807, 2.05) is 29.6 Å². The molecule has 3 nitrogen and oxygen atoms in total. The molecule has 21 heavy (non-hydrogen) atoms. The number of carbonyl (C=O) groups excluding carboxylic acids is 1. The van der Waals surface area contributed by atoms with Gasteiger partial charge in [0.2, 0.25) is 0 Å². The van der Waals surface area contributed by atoms with Gasteiger partial charge < -0.3 is 10.4 Å². The molecule has 0 bridgehead atoms.